The zero-order valence-corrected chi connectivity index (χ0v) is 12.7. The molecule has 1 aliphatic rings. The third-order valence-electron chi connectivity index (χ3n) is 3.27. The van der Waals surface area contributed by atoms with Crippen LogP contribution in [0.4, 0.5) is 16.5 Å². The lowest BCUT2D eigenvalue weighted by molar-refractivity contribution is -0.115. The number of thiazole rings is 1. The van der Waals surface area contributed by atoms with Crippen molar-refractivity contribution in [3.05, 3.63) is 35.3 Å². The van der Waals surface area contributed by atoms with Gasteiger partial charge in [0.15, 0.2) is 5.13 Å². The first kappa shape index (κ1) is 14.0. The molecule has 5 nitrogen and oxygen atoms in total. The Morgan fingerprint density at radius 2 is 2.29 bits per heavy atom. The van der Waals surface area contributed by atoms with Crippen LogP contribution in [0.1, 0.15) is 18.2 Å². The minimum absolute atomic E-state index is 0.00504. The number of aromatic nitrogens is 1. The summed E-state index contributed by atoms with van der Waals surface area (Å²) in [5, 5.41) is 7.13. The third kappa shape index (κ3) is 3.06. The molecule has 0 saturated carbocycles. The zero-order valence-electron chi connectivity index (χ0n) is 11.9. The number of para-hydroxylation sites is 2. The van der Waals surface area contributed by atoms with E-state index in [1.807, 2.05) is 35.4 Å². The van der Waals surface area contributed by atoms with E-state index >= 15 is 0 Å². The molecule has 6 heteroatoms. The number of anilines is 3. The van der Waals surface area contributed by atoms with E-state index in [1.54, 1.807) is 11.3 Å². The lowest BCUT2D eigenvalue weighted by Crippen LogP contribution is -2.34. The van der Waals surface area contributed by atoms with Crippen molar-refractivity contribution >= 4 is 33.8 Å². The number of hydrogen-bond donors (Lipinski definition) is 2. The van der Waals surface area contributed by atoms with Crippen LogP contribution in [0.2, 0.25) is 0 Å². The summed E-state index contributed by atoms with van der Waals surface area (Å²) in [5.41, 5.74) is 1.84. The molecule has 0 bridgehead atoms. The number of rotatable bonds is 5. The fraction of sp³-hybridized carbons (Fsp3) is 0.333. The van der Waals surface area contributed by atoms with Crippen LogP contribution in [-0.4, -0.2) is 24.0 Å². The van der Waals surface area contributed by atoms with E-state index < -0.39 is 0 Å². The predicted molar refractivity (Wildman–Crippen MR) is 86.2 cm³/mol. The predicted octanol–water partition coefficient (Wildman–Crippen LogP) is 2.73. The Balaban J connectivity index is 1.82. The maximum Gasteiger partial charge on any atom is 0.244 e. The first-order valence-electron chi connectivity index (χ1n) is 7.09. The number of nitrogens with one attached hydrogen (secondary N) is 2. The normalized spacial score (nSPS) is 14.0. The molecule has 0 radical (unpaired) electrons. The van der Waals surface area contributed by atoms with Crippen molar-refractivity contribution in [1.82, 2.24) is 10.3 Å². The summed E-state index contributed by atoms with van der Waals surface area (Å²) in [6.07, 6.45) is 3.00. The highest BCUT2D eigenvalue weighted by molar-refractivity contribution is 7.15. The van der Waals surface area contributed by atoms with Gasteiger partial charge < -0.3 is 15.5 Å². The molecule has 0 atom stereocenters. The Bertz CT molecular complexity index is 640. The molecule has 2 heterocycles. The number of amides is 1. The fourth-order valence-corrected chi connectivity index (χ4v) is 3.19. The molecule has 3 rings (SSSR count). The molecule has 1 aliphatic heterocycles. The summed E-state index contributed by atoms with van der Waals surface area (Å²) in [5.74, 6) is -0.00504. The Morgan fingerprint density at radius 3 is 3.14 bits per heavy atom. The zero-order chi connectivity index (χ0) is 14.7. The van der Waals surface area contributed by atoms with Gasteiger partial charge in [-0.1, -0.05) is 19.1 Å². The van der Waals surface area contributed by atoms with Crippen LogP contribution >= 0.6 is 11.3 Å². The van der Waals surface area contributed by atoms with Gasteiger partial charge in [0.1, 0.15) is 6.54 Å². The van der Waals surface area contributed by atoms with Crippen molar-refractivity contribution in [2.24, 2.45) is 0 Å². The van der Waals surface area contributed by atoms with Crippen molar-refractivity contribution in [3.8, 4) is 0 Å². The Kier molecular flexibility index (Phi) is 4.17. The van der Waals surface area contributed by atoms with Gasteiger partial charge >= 0.3 is 0 Å². The first-order valence-corrected chi connectivity index (χ1v) is 7.91. The maximum atomic E-state index is 11.8. The van der Waals surface area contributed by atoms with Crippen molar-refractivity contribution in [3.63, 3.8) is 0 Å². The average molecular weight is 302 g/mol. The quantitative estimate of drug-likeness (QED) is 0.834. The monoisotopic (exact) mass is 302 g/mol. The van der Waals surface area contributed by atoms with Gasteiger partial charge in [0, 0.05) is 17.6 Å². The van der Waals surface area contributed by atoms with Crippen LogP contribution in [-0.2, 0) is 11.3 Å². The van der Waals surface area contributed by atoms with Gasteiger partial charge in [-0.2, -0.15) is 0 Å². The first-order chi connectivity index (χ1) is 10.3. The largest absolute Gasteiger partial charge is 0.323 e. The Labute approximate surface area is 128 Å². The minimum atomic E-state index is -0.00504. The number of fused-ring (bicyclic) bond motifs is 1. The van der Waals surface area contributed by atoms with Crippen LogP contribution in [0, 0.1) is 0 Å². The van der Waals surface area contributed by atoms with Crippen molar-refractivity contribution < 1.29 is 4.79 Å². The molecule has 0 unspecified atom stereocenters. The highest BCUT2D eigenvalue weighted by atomic mass is 32.1. The molecular weight excluding hydrogens is 284 g/mol. The van der Waals surface area contributed by atoms with Crippen molar-refractivity contribution in [2.45, 2.75) is 19.9 Å². The summed E-state index contributed by atoms with van der Waals surface area (Å²) in [4.78, 5) is 19.5. The van der Waals surface area contributed by atoms with E-state index in [2.05, 4.69) is 22.5 Å². The second-order valence-corrected chi connectivity index (χ2v) is 6.03. The number of hydrogen-bond acceptors (Lipinski definition) is 5. The van der Waals surface area contributed by atoms with Crippen LogP contribution in [0.5, 0.6) is 0 Å². The van der Waals surface area contributed by atoms with Gasteiger partial charge in [-0.15, -0.1) is 11.3 Å². The second-order valence-electron chi connectivity index (χ2n) is 4.94. The summed E-state index contributed by atoms with van der Waals surface area (Å²) < 4.78 is 0. The van der Waals surface area contributed by atoms with E-state index in [1.165, 1.54) is 4.88 Å². The number of benzene rings is 1. The smallest absolute Gasteiger partial charge is 0.244 e. The van der Waals surface area contributed by atoms with Crippen LogP contribution in [0.15, 0.2) is 30.5 Å². The van der Waals surface area contributed by atoms with Gasteiger partial charge in [0.05, 0.1) is 11.4 Å². The van der Waals surface area contributed by atoms with E-state index in [9.17, 15) is 4.79 Å². The lowest BCUT2D eigenvalue weighted by atomic mass is 10.2. The topological polar surface area (TPSA) is 57.3 Å². The number of carbonyl (C=O) groups is 1. The van der Waals surface area contributed by atoms with Crippen molar-refractivity contribution in [1.29, 1.82) is 0 Å². The van der Waals surface area contributed by atoms with E-state index in [0.717, 1.165) is 36.0 Å². The third-order valence-corrected chi connectivity index (χ3v) is 4.29. The molecule has 0 aliphatic carbocycles. The SMILES string of the molecule is CCCNCc1cnc(N2CC(=O)Nc3ccccc32)s1. The number of nitrogens with zero attached hydrogens (tertiary/aromatic N) is 2. The molecule has 1 aromatic heterocycles. The number of carbonyl (C=O) groups excluding carboxylic acids is 1. The van der Waals surface area contributed by atoms with Gasteiger partial charge in [-0.3, -0.25) is 4.79 Å². The highest BCUT2D eigenvalue weighted by Gasteiger charge is 2.24. The molecule has 2 N–H and O–H groups in total. The Morgan fingerprint density at radius 1 is 1.43 bits per heavy atom. The average Bonchev–Trinajstić information content (AvgIpc) is 2.95. The minimum Gasteiger partial charge on any atom is -0.323 e. The summed E-state index contributed by atoms with van der Waals surface area (Å²) in [6.45, 7) is 4.29. The van der Waals surface area contributed by atoms with Crippen LogP contribution < -0.4 is 15.5 Å². The molecular formula is C15H18N4OS. The van der Waals surface area contributed by atoms with E-state index in [-0.39, 0.29) is 5.91 Å². The van der Waals surface area contributed by atoms with Gasteiger partial charge in [-0.05, 0) is 25.1 Å². The molecule has 2 aromatic rings. The molecule has 1 aromatic carbocycles. The van der Waals surface area contributed by atoms with Crippen LogP contribution in [0.25, 0.3) is 0 Å². The highest BCUT2D eigenvalue weighted by Crippen LogP contribution is 2.36. The Hall–Kier alpha value is -1.92. The lowest BCUT2D eigenvalue weighted by Gasteiger charge is -2.28. The van der Waals surface area contributed by atoms with E-state index in [0.29, 0.717) is 6.54 Å². The van der Waals surface area contributed by atoms with Gasteiger partial charge in [0.25, 0.3) is 0 Å². The summed E-state index contributed by atoms with van der Waals surface area (Å²) in [6, 6.07) is 7.81. The molecule has 0 spiro atoms. The van der Waals surface area contributed by atoms with Gasteiger partial charge in [-0.25, -0.2) is 4.98 Å². The fourth-order valence-electron chi connectivity index (χ4n) is 2.30. The standard InChI is InChI=1S/C15H18N4OS/c1-2-7-16-8-11-9-17-15(21-11)19-10-14(20)18-12-5-3-4-6-13(12)19/h3-6,9,16H,2,7-8,10H2,1H3,(H,18,20). The molecule has 1 amide bonds. The maximum absolute atomic E-state index is 11.8. The molecule has 0 saturated heterocycles. The second kappa shape index (κ2) is 6.24. The summed E-state index contributed by atoms with van der Waals surface area (Å²) >= 11 is 1.63. The van der Waals surface area contributed by atoms with Crippen LogP contribution in [0.3, 0.4) is 0 Å². The van der Waals surface area contributed by atoms with E-state index in [4.69, 9.17) is 0 Å². The molecule has 21 heavy (non-hydrogen) atoms. The van der Waals surface area contributed by atoms with Crippen molar-refractivity contribution in [2.75, 3.05) is 23.3 Å². The molecule has 0 fully saturated rings. The summed E-state index contributed by atoms with van der Waals surface area (Å²) in [7, 11) is 0. The molecule has 110 valence electrons. The van der Waals surface area contributed by atoms with Gasteiger partial charge in [0.2, 0.25) is 5.91 Å².